The van der Waals surface area contributed by atoms with Crippen LogP contribution in [-0.4, -0.2) is 24.1 Å². The molecular weight excluding hydrogens is 357 g/mol. The molecule has 1 aliphatic rings. The lowest BCUT2D eigenvalue weighted by atomic mass is 9.87. The molecule has 0 spiro atoms. The first-order valence-electron chi connectivity index (χ1n) is 8.20. The van der Waals surface area contributed by atoms with Gasteiger partial charge in [-0.05, 0) is 45.6 Å². The molecule has 0 radical (unpaired) electrons. The minimum atomic E-state index is -2.68. The van der Waals surface area contributed by atoms with Crippen LogP contribution < -0.4 is 4.74 Å². The lowest BCUT2D eigenvalue weighted by Crippen LogP contribution is -2.29. The number of hydrogen-bond acceptors (Lipinski definition) is 3. The van der Waals surface area contributed by atoms with Crippen LogP contribution in [0.4, 0.5) is 13.2 Å². The fraction of sp³-hybridized carbons (Fsp3) is 0.611. The van der Waals surface area contributed by atoms with Crippen LogP contribution in [0.3, 0.4) is 0 Å². The van der Waals surface area contributed by atoms with Gasteiger partial charge in [-0.3, -0.25) is 0 Å². The zero-order chi connectivity index (χ0) is 18.8. The molecule has 25 heavy (non-hydrogen) atoms. The second-order valence-corrected chi connectivity index (χ2v) is 7.80. The van der Waals surface area contributed by atoms with Gasteiger partial charge in [0.2, 0.25) is 5.92 Å². The molecule has 1 aliphatic carbocycles. The number of carbonyl (C=O) groups is 1. The van der Waals surface area contributed by atoms with Crippen molar-refractivity contribution in [2.75, 3.05) is 6.61 Å². The number of rotatable bonds is 4. The van der Waals surface area contributed by atoms with E-state index in [1.807, 2.05) is 0 Å². The molecule has 1 atom stereocenters. The molecule has 0 saturated heterocycles. The molecule has 1 fully saturated rings. The van der Waals surface area contributed by atoms with Crippen LogP contribution in [0.1, 0.15) is 56.8 Å². The van der Waals surface area contributed by atoms with Crippen LogP contribution in [0.5, 0.6) is 5.75 Å². The highest BCUT2D eigenvalue weighted by Gasteiger charge is 2.36. The number of alkyl halides is 2. The maximum absolute atomic E-state index is 14.2. The zero-order valence-corrected chi connectivity index (χ0v) is 15.3. The summed E-state index contributed by atoms with van der Waals surface area (Å²) in [6.45, 7) is 5.03. The van der Waals surface area contributed by atoms with E-state index in [0.29, 0.717) is 12.8 Å². The van der Waals surface area contributed by atoms with Gasteiger partial charge in [-0.15, -0.1) is 0 Å². The van der Waals surface area contributed by atoms with Crippen molar-refractivity contribution in [3.63, 3.8) is 0 Å². The van der Waals surface area contributed by atoms with Crippen molar-refractivity contribution in [1.82, 2.24) is 0 Å². The minimum Gasteiger partial charge on any atom is -0.492 e. The van der Waals surface area contributed by atoms with Gasteiger partial charge in [-0.25, -0.2) is 18.0 Å². The topological polar surface area (TPSA) is 35.5 Å². The molecule has 0 heterocycles. The van der Waals surface area contributed by atoms with E-state index in [-0.39, 0.29) is 41.7 Å². The van der Waals surface area contributed by atoms with E-state index >= 15 is 0 Å². The van der Waals surface area contributed by atoms with Crippen LogP contribution >= 0.6 is 11.6 Å². The Morgan fingerprint density at radius 3 is 2.64 bits per heavy atom. The minimum absolute atomic E-state index is 0.0281. The van der Waals surface area contributed by atoms with Crippen molar-refractivity contribution in [2.24, 2.45) is 5.92 Å². The predicted octanol–water partition coefficient (Wildman–Crippen LogP) is 5.64. The highest BCUT2D eigenvalue weighted by Crippen LogP contribution is 2.37. The SMILES string of the molecule is CC(C)(C)OC(=O)c1cc(Cl)c(OCC2CCCC(F)(F)C2)cc1F. The summed E-state index contributed by atoms with van der Waals surface area (Å²) >= 11 is 6.04. The lowest BCUT2D eigenvalue weighted by molar-refractivity contribution is -0.0585. The van der Waals surface area contributed by atoms with Gasteiger partial charge in [0.1, 0.15) is 17.2 Å². The third-order valence-electron chi connectivity index (χ3n) is 3.86. The molecule has 0 aliphatic heterocycles. The van der Waals surface area contributed by atoms with Gasteiger partial charge >= 0.3 is 5.97 Å². The number of halogens is 4. The summed E-state index contributed by atoms with van der Waals surface area (Å²) in [4.78, 5) is 12.0. The Bertz CT molecular complexity index is 641. The molecule has 7 heteroatoms. The Morgan fingerprint density at radius 1 is 1.36 bits per heavy atom. The summed E-state index contributed by atoms with van der Waals surface area (Å²) in [7, 11) is 0. The molecule has 1 saturated carbocycles. The van der Waals surface area contributed by atoms with Crippen LogP contribution in [0.15, 0.2) is 12.1 Å². The van der Waals surface area contributed by atoms with E-state index in [0.717, 1.165) is 12.1 Å². The fourth-order valence-corrected chi connectivity index (χ4v) is 2.97. The lowest BCUT2D eigenvalue weighted by Gasteiger charge is -2.28. The third kappa shape index (κ3) is 5.80. The van der Waals surface area contributed by atoms with Gasteiger partial charge in [0, 0.05) is 18.9 Å². The van der Waals surface area contributed by atoms with E-state index in [9.17, 15) is 18.0 Å². The van der Waals surface area contributed by atoms with Gasteiger partial charge in [-0.1, -0.05) is 11.6 Å². The molecule has 1 aromatic rings. The summed E-state index contributed by atoms with van der Waals surface area (Å²) in [5, 5.41) is 0.0322. The summed E-state index contributed by atoms with van der Waals surface area (Å²) in [6, 6.07) is 2.12. The highest BCUT2D eigenvalue weighted by atomic mass is 35.5. The molecule has 2 rings (SSSR count). The van der Waals surface area contributed by atoms with E-state index < -0.39 is 23.3 Å². The average Bonchev–Trinajstić information content (AvgIpc) is 2.45. The van der Waals surface area contributed by atoms with E-state index in [1.54, 1.807) is 20.8 Å². The van der Waals surface area contributed by atoms with Crippen molar-refractivity contribution < 1.29 is 27.4 Å². The maximum atomic E-state index is 14.2. The summed E-state index contributed by atoms with van der Waals surface area (Å²) in [5.41, 5.74) is -1.06. The van der Waals surface area contributed by atoms with Crippen molar-refractivity contribution >= 4 is 17.6 Å². The van der Waals surface area contributed by atoms with Gasteiger partial charge in [0.25, 0.3) is 0 Å². The van der Waals surface area contributed by atoms with Crippen molar-refractivity contribution in [3.05, 3.63) is 28.5 Å². The molecule has 1 unspecified atom stereocenters. The van der Waals surface area contributed by atoms with Gasteiger partial charge in [0.15, 0.2) is 0 Å². The summed E-state index contributed by atoms with van der Waals surface area (Å²) in [5.74, 6) is -4.62. The first-order chi connectivity index (χ1) is 11.5. The Labute approximate surface area is 150 Å². The molecule has 0 amide bonds. The van der Waals surface area contributed by atoms with Crippen LogP contribution in [-0.2, 0) is 4.74 Å². The number of esters is 1. The quantitative estimate of drug-likeness (QED) is 0.636. The van der Waals surface area contributed by atoms with E-state index in [4.69, 9.17) is 21.1 Å². The Balaban J connectivity index is 2.05. The van der Waals surface area contributed by atoms with Gasteiger partial charge in [-0.2, -0.15) is 0 Å². The molecule has 0 N–H and O–H groups in total. The second kappa shape index (κ2) is 7.44. The van der Waals surface area contributed by atoms with E-state index in [1.165, 1.54) is 0 Å². The smallest absolute Gasteiger partial charge is 0.341 e. The van der Waals surface area contributed by atoms with Crippen LogP contribution in [0.2, 0.25) is 5.02 Å². The largest absolute Gasteiger partial charge is 0.492 e. The predicted molar refractivity (Wildman–Crippen MR) is 89.0 cm³/mol. The molecule has 3 nitrogen and oxygen atoms in total. The number of benzene rings is 1. The molecular formula is C18H22ClF3O3. The summed E-state index contributed by atoms with van der Waals surface area (Å²) < 4.78 is 51.5. The average molecular weight is 379 g/mol. The highest BCUT2D eigenvalue weighted by molar-refractivity contribution is 6.32. The van der Waals surface area contributed by atoms with Crippen LogP contribution in [0.25, 0.3) is 0 Å². The maximum Gasteiger partial charge on any atom is 0.341 e. The van der Waals surface area contributed by atoms with Gasteiger partial charge in [0.05, 0.1) is 17.2 Å². The van der Waals surface area contributed by atoms with E-state index in [2.05, 4.69) is 0 Å². The molecule has 0 bridgehead atoms. The number of hydrogen-bond donors (Lipinski definition) is 0. The number of carbonyl (C=O) groups excluding carboxylic acids is 1. The Hall–Kier alpha value is -1.43. The van der Waals surface area contributed by atoms with Crippen molar-refractivity contribution in [3.8, 4) is 5.75 Å². The fourth-order valence-electron chi connectivity index (χ4n) is 2.75. The Kier molecular flexibility index (Phi) is 5.92. The normalized spacial score (nSPS) is 20.2. The van der Waals surface area contributed by atoms with Crippen molar-refractivity contribution in [2.45, 2.75) is 58.0 Å². The standard InChI is InChI=1S/C18H22ClF3O3/c1-17(2,3)25-16(23)12-7-13(19)15(8-14(12)20)24-10-11-5-4-6-18(21,22)9-11/h7-8,11H,4-6,9-10H2,1-3H3. The van der Waals surface area contributed by atoms with Crippen molar-refractivity contribution in [1.29, 1.82) is 0 Å². The molecule has 1 aromatic carbocycles. The zero-order valence-electron chi connectivity index (χ0n) is 14.5. The monoisotopic (exact) mass is 378 g/mol. The molecule has 140 valence electrons. The first-order valence-corrected chi connectivity index (χ1v) is 8.58. The second-order valence-electron chi connectivity index (χ2n) is 7.39. The third-order valence-corrected chi connectivity index (χ3v) is 4.15. The molecule has 0 aromatic heterocycles. The van der Waals surface area contributed by atoms with Crippen LogP contribution in [0, 0.1) is 11.7 Å². The van der Waals surface area contributed by atoms with Gasteiger partial charge < -0.3 is 9.47 Å². The summed E-state index contributed by atoms with van der Waals surface area (Å²) in [6.07, 6.45) is 0.707. The first kappa shape index (κ1) is 19.9. The Morgan fingerprint density at radius 2 is 2.04 bits per heavy atom. The number of ether oxygens (including phenoxy) is 2.